The summed E-state index contributed by atoms with van der Waals surface area (Å²) in [6.07, 6.45) is 17.6. The Morgan fingerprint density at radius 2 is 1.38 bits per heavy atom. The maximum Gasteiger partial charge on any atom is 0.143 e. The van der Waals surface area contributed by atoms with E-state index in [2.05, 4.69) is 188 Å². The van der Waals surface area contributed by atoms with E-state index in [9.17, 15) is 0 Å². The summed E-state index contributed by atoms with van der Waals surface area (Å²) in [6.45, 7) is 0. The van der Waals surface area contributed by atoms with Crippen LogP contribution in [0.2, 0.25) is 0 Å². The molecule has 58 heavy (non-hydrogen) atoms. The Bertz CT molecular complexity index is 3170. The van der Waals surface area contributed by atoms with Crippen molar-refractivity contribution in [3.05, 3.63) is 232 Å². The Morgan fingerprint density at radius 3 is 2.24 bits per heavy atom. The first-order valence-electron chi connectivity index (χ1n) is 21.2. The Morgan fingerprint density at radius 1 is 0.603 bits per heavy atom. The minimum Gasteiger partial charge on any atom is -0.455 e. The number of hydrogen-bond acceptors (Lipinski definition) is 1. The van der Waals surface area contributed by atoms with E-state index in [1.54, 1.807) is 16.7 Å². The van der Waals surface area contributed by atoms with Crippen molar-refractivity contribution in [1.82, 2.24) is 0 Å². The van der Waals surface area contributed by atoms with Gasteiger partial charge in [0.2, 0.25) is 0 Å². The molecule has 1 heterocycles. The van der Waals surface area contributed by atoms with Crippen molar-refractivity contribution in [2.24, 2.45) is 23.2 Å². The number of allylic oxidation sites excluding steroid dienone is 7. The first kappa shape index (κ1) is 31.6. The molecule has 2 saturated carbocycles. The zero-order chi connectivity index (χ0) is 37.7. The molecule has 0 saturated heterocycles. The standard InChI is InChI=1S/C57H40O/c1-3-12-38(13-4-1)57(39-14-5-2-6-15-39)48-18-10-9-17-42(48)44-25-20-35-21-27-47-52(53(47)51(35)54(44)57)46-28-23-40-31-37(29-30-56(40)33-49(46)56)36-22-24-43-45-26-19-34-11-7-8-16-41(34)55(45)58-50(43)32-36/h1-30,32,37,47,49,52-53H,31,33H2. The summed E-state index contributed by atoms with van der Waals surface area (Å²) < 4.78 is 6.61. The van der Waals surface area contributed by atoms with Crippen molar-refractivity contribution in [3.8, 4) is 11.1 Å². The van der Waals surface area contributed by atoms with Gasteiger partial charge in [0.1, 0.15) is 11.2 Å². The van der Waals surface area contributed by atoms with E-state index in [1.807, 2.05) is 0 Å². The fourth-order valence-electron chi connectivity index (χ4n) is 12.7. The van der Waals surface area contributed by atoms with Crippen LogP contribution < -0.4 is 0 Å². The molecule has 1 nitrogen and oxygen atoms in total. The molecule has 0 amide bonds. The summed E-state index contributed by atoms with van der Waals surface area (Å²) in [5.41, 5.74) is 17.8. The number of furan rings is 1. The van der Waals surface area contributed by atoms with E-state index in [-0.39, 0.29) is 10.8 Å². The zero-order valence-corrected chi connectivity index (χ0v) is 32.1. The molecule has 274 valence electrons. The SMILES string of the molecule is C1=CC2C(C3=CC=C4CC(c5ccc6c(c5)oc5c7ccccc7ccc65)C=CC45CC35)C2c2c1ccc1c2C(c2ccccc2)(c2ccccc2)c2ccccc2-1. The van der Waals surface area contributed by atoms with Crippen LogP contribution in [0.4, 0.5) is 0 Å². The maximum atomic E-state index is 6.61. The third-order valence-corrected chi connectivity index (χ3v) is 15.3. The van der Waals surface area contributed by atoms with E-state index in [0.717, 1.165) is 17.6 Å². The molecular weight excluding hydrogens is 701 g/mol. The Hall–Kier alpha value is -6.44. The molecule has 0 N–H and O–H groups in total. The van der Waals surface area contributed by atoms with Crippen LogP contribution in [0.15, 0.2) is 198 Å². The van der Waals surface area contributed by atoms with Crippen molar-refractivity contribution in [3.63, 3.8) is 0 Å². The van der Waals surface area contributed by atoms with E-state index < -0.39 is 0 Å². The van der Waals surface area contributed by atoms with Gasteiger partial charge in [-0.3, -0.25) is 0 Å². The molecule has 6 aliphatic carbocycles. The van der Waals surface area contributed by atoms with Crippen LogP contribution in [0.3, 0.4) is 0 Å². The Kier molecular flexibility index (Phi) is 6.08. The van der Waals surface area contributed by atoms with Gasteiger partial charge in [0.15, 0.2) is 0 Å². The molecule has 7 aromatic carbocycles. The van der Waals surface area contributed by atoms with Crippen molar-refractivity contribution < 1.29 is 4.42 Å². The zero-order valence-electron chi connectivity index (χ0n) is 32.1. The van der Waals surface area contributed by atoms with Crippen LogP contribution >= 0.6 is 0 Å². The Balaban J connectivity index is 0.844. The maximum absolute atomic E-state index is 6.61. The van der Waals surface area contributed by atoms with Gasteiger partial charge >= 0.3 is 0 Å². The first-order valence-corrected chi connectivity index (χ1v) is 21.2. The third kappa shape index (κ3) is 3.97. The number of rotatable bonds is 4. The molecule has 0 radical (unpaired) electrons. The van der Waals surface area contributed by atoms with Gasteiger partial charge in [0.25, 0.3) is 0 Å². The number of hydrogen-bond donors (Lipinski definition) is 0. The lowest BCUT2D eigenvalue weighted by Crippen LogP contribution is -2.30. The molecule has 0 bridgehead atoms. The highest BCUT2D eigenvalue weighted by Crippen LogP contribution is 2.75. The fourth-order valence-corrected chi connectivity index (χ4v) is 12.7. The predicted octanol–water partition coefficient (Wildman–Crippen LogP) is 14.1. The molecular formula is C57H40O. The Labute approximate surface area is 338 Å². The predicted molar refractivity (Wildman–Crippen MR) is 237 cm³/mol. The summed E-state index contributed by atoms with van der Waals surface area (Å²) in [5.74, 6) is 2.53. The van der Waals surface area contributed by atoms with E-state index in [1.165, 1.54) is 72.5 Å². The summed E-state index contributed by atoms with van der Waals surface area (Å²) in [7, 11) is 0. The number of benzene rings is 7. The van der Waals surface area contributed by atoms with Crippen molar-refractivity contribution in [1.29, 1.82) is 0 Å². The summed E-state index contributed by atoms with van der Waals surface area (Å²) in [5, 5.41) is 4.80. The molecule has 2 fully saturated rings. The van der Waals surface area contributed by atoms with E-state index in [4.69, 9.17) is 4.42 Å². The molecule has 14 rings (SSSR count). The van der Waals surface area contributed by atoms with Crippen LogP contribution in [0.25, 0.3) is 49.9 Å². The van der Waals surface area contributed by atoms with Crippen LogP contribution in [-0.4, -0.2) is 0 Å². The van der Waals surface area contributed by atoms with E-state index in [0.29, 0.717) is 29.6 Å². The van der Waals surface area contributed by atoms with Gasteiger partial charge in [-0.2, -0.15) is 0 Å². The third-order valence-electron chi connectivity index (χ3n) is 15.3. The minimum absolute atomic E-state index is 0.188. The molecule has 8 aromatic rings. The number of fused-ring (bicyclic) bond motifs is 12. The summed E-state index contributed by atoms with van der Waals surface area (Å²) >= 11 is 0. The average molecular weight is 741 g/mol. The quantitative estimate of drug-likeness (QED) is 0.164. The molecule has 6 aliphatic rings. The second-order valence-electron chi connectivity index (χ2n) is 17.9. The lowest BCUT2D eigenvalue weighted by molar-refractivity contribution is 0.586. The van der Waals surface area contributed by atoms with Gasteiger partial charge in [-0.05, 0) is 104 Å². The van der Waals surface area contributed by atoms with Crippen LogP contribution in [0.1, 0.15) is 63.6 Å². The molecule has 1 aromatic heterocycles. The van der Waals surface area contributed by atoms with Crippen LogP contribution in [0.5, 0.6) is 0 Å². The second kappa shape index (κ2) is 11.1. The molecule has 1 spiro atoms. The van der Waals surface area contributed by atoms with Gasteiger partial charge in [-0.15, -0.1) is 0 Å². The largest absolute Gasteiger partial charge is 0.455 e. The smallest absolute Gasteiger partial charge is 0.143 e. The van der Waals surface area contributed by atoms with Crippen molar-refractivity contribution >= 4 is 38.8 Å². The molecule has 6 unspecified atom stereocenters. The normalized spacial score (nSPS) is 26.2. The van der Waals surface area contributed by atoms with Gasteiger partial charge in [0, 0.05) is 27.5 Å². The fraction of sp³-hybridized carbons (Fsp3) is 0.158. The highest BCUT2D eigenvalue weighted by Gasteiger charge is 2.65. The highest BCUT2D eigenvalue weighted by atomic mass is 16.3. The summed E-state index contributed by atoms with van der Waals surface area (Å²) in [4.78, 5) is 0. The molecule has 0 aliphatic heterocycles. The minimum atomic E-state index is -0.377. The topological polar surface area (TPSA) is 13.1 Å². The van der Waals surface area contributed by atoms with Gasteiger partial charge < -0.3 is 4.42 Å². The van der Waals surface area contributed by atoms with E-state index >= 15 is 0 Å². The van der Waals surface area contributed by atoms with Crippen LogP contribution in [0, 0.1) is 23.2 Å². The van der Waals surface area contributed by atoms with Crippen molar-refractivity contribution in [2.75, 3.05) is 0 Å². The lowest BCUT2D eigenvalue weighted by atomic mass is 9.65. The summed E-state index contributed by atoms with van der Waals surface area (Å²) in [6, 6.07) is 56.6. The first-order chi connectivity index (χ1) is 28.7. The van der Waals surface area contributed by atoms with Gasteiger partial charge in [-0.1, -0.05) is 187 Å². The van der Waals surface area contributed by atoms with Crippen molar-refractivity contribution in [2.45, 2.75) is 30.1 Å². The second-order valence-corrected chi connectivity index (χ2v) is 17.9. The average Bonchev–Trinajstić information content (AvgIpc) is 4.14. The lowest BCUT2D eigenvalue weighted by Gasteiger charge is -2.36. The molecule has 6 atom stereocenters. The van der Waals surface area contributed by atoms with Crippen LogP contribution in [-0.2, 0) is 5.41 Å². The highest BCUT2D eigenvalue weighted by molar-refractivity contribution is 6.15. The van der Waals surface area contributed by atoms with Gasteiger partial charge in [-0.25, -0.2) is 0 Å². The molecule has 1 heteroatoms. The monoisotopic (exact) mass is 740 g/mol. The van der Waals surface area contributed by atoms with Gasteiger partial charge in [0.05, 0.1) is 5.41 Å².